The number of Topliss-reactive ketones (excluding diaryl/α,β-unsaturated/α-hetero) is 1. The molecule has 2 aromatic carbocycles. The molecule has 1 aliphatic rings. The van der Waals surface area contributed by atoms with Crippen LogP contribution in [0, 0.1) is 12.7 Å². The third kappa shape index (κ3) is 8.78. The average Bonchev–Trinajstić information content (AvgIpc) is 3.18. The molecule has 5 heteroatoms. The molecule has 4 nitrogen and oxygen atoms in total. The Labute approximate surface area is 234 Å². The van der Waals surface area contributed by atoms with E-state index in [1.54, 1.807) is 30.3 Å². The summed E-state index contributed by atoms with van der Waals surface area (Å²) in [5.41, 5.74) is 1.64. The Bertz CT molecular complexity index is 1090. The first-order valence-corrected chi connectivity index (χ1v) is 15.1. The summed E-state index contributed by atoms with van der Waals surface area (Å²) in [6.07, 6.45) is 17.2. The van der Waals surface area contributed by atoms with Crippen LogP contribution in [0.15, 0.2) is 54.1 Å². The molecule has 1 heterocycles. The van der Waals surface area contributed by atoms with Gasteiger partial charge in [0.05, 0.1) is 11.6 Å². The van der Waals surface area contributed by atoms with Crippen LogP contribution in [0.1, 0.15) is 120 Å². The van der Waals surface area contributed by atoms with Gasteiger partial charge in [-0.05, 0) is 19.4 Å². The molecule has 1 amide bonds. The summed E-state index contributed by atoms with van der Waals surface area (Å²) in [5.74, 6) is -2.19. The van der Waals surface area contributed by atoms with Crippen LogP contribution in [0.25, 0.3) is 5.76 Å². The maximum atomic E-state index is 14.9. The molecule has 212 valence electrons. The average molecular weight is 536 g/mol. The minimum absolute atomic E-state index is 0.0423. The molecule has 1 atom stereocenters. The van der Waals surface area contributed by atoms with Crippen molar-refractivity contribution in [3.63, 3.8) is 0 Å². The molecule has 1 fully saturated rings. The summed E-state index contributed by atoms with van der Waals surface area (Å²) in [4.78, 5) is 27.6. The fourth-order valence-electron chi connectivity index (χ4n) is 5.47. The highest BCUT2D eigenvalue weighted by Gasteiger charge is 2.46. The fraction of sp³-hybridized carbons (Fsp3) is 0.529. The van der Waals surface area contributed by atoms with E-state index in [2.05, 4.69) is 6.92 Å². The van der Waals surface area contributed by atoms with Gasteiger partial charge >= 0.3 is 0 Å². The third-order valence-electron chi connectivity index (χ3n) is 7.82. The number of aryl methyl sites for hydroxylation is 1. The predicted octanol–water partition coefficient (Wildman–Crippen LogP) is 9.04. The SMILES string of the molecule is CCCCCCCCCCCCCCCCN1C(=O)C(=O)C(=C(O)c2ccc(C)cc2)C1c1ccccc1F. The van der Waals surface area contributed by atoms with Gasteiger partial charge in [0.25, 0.3) is 11.7 Å². The van der Waals surface area contributed by atoms with Crippen LogP contribution >= 0.6 is 0 Å². The third-order valence-corrected chi connectivity index (χ3v) is 7.82. The lowest BCUT2D eigenvalue weighted by molar-refractivity contribution is -0.140. The van der Waals surface area contributed by atoms with Crippen molar-refractivity contribution in [2.45, 2.75) is 110 Å². The van der Waals surface area contributed by atoms with Gasteiger partial charge in [-0.25, -0.2) is 4.39 Å². The lowest BCUT2D eigenvalue weighted by atomic mass is 9.94. The minimum atomic E-state index is -0.936. The van der Waals surface area contributed by atoms with E-state index < -0.39 is 23.5 Å². The van der Waals surface area contributed by atoms with Gasteiger partial charge in [0.1, 0.15) is 11.6 Å². The van der Waals surface area contributed by atoms with Crippen molar-refractivity contribution in [2.75, 3.05) is 6.54 Å². The zero-order valence-corrected chi connectivity index (χ0v) is 23.9. The summed E-state index contributed by atoms with van der Waals surface area (Å²) in [5, 5.41) is 11.1. The van der Waals surface area contributed by atoms with Crippen molar-refractivity contribution < 1.29 is 19.1 Å². The fourth-order valence-corrected chi connectivity index (χ4v) is 5.47. The Morgan fingerprint density at radius 2 is 1.28 bits per heavy atom. The van der Waals surface area contributed by atoms with Crippen molar-refractivity contribution in [1.82, 2.24) is 4.90 Å². The van der Waals surface area contributed by atoms with E-state index >= 15 is 0 Å². The smallest absolute Gasteiger partial charge is 0.295 e. The van der Waals surface area contributed by atoms with Crippen molar-refractivity contribution in [3.05, 3.63) is 76.6 Å². The lowest BCUT2D eigenvalue weighted by Gasteiger charge is -2.25. The second-order valence-corrected chi connectivity index (χ2v) is 11.0. The quantitative estimate of drug-likeness (QED) is 0.0951. The molecule has 1 saturated heterocycles. The number of likely N-dealkylation sites (tertiary alicyclic amines) is 1. The molecule has 39 heavy (non-hydrogen) atoms. The molecule has 1 unspecified atom stereocenters. The second kappa shape index (κ2) is 16.2. The van der Waals surface area contributed by atoms with Gasteiger partial charge < -0.3 is 10.0 Å². The maximum absolute atomic E-state index is 14.9. The van der Waals surface area contributed by atoms with Crippen molar-refractivity contribution in [1.29, 1.82) is 0 Å². The highest BCUT2D eigenvalue weighted by atomic mass is 19.1. The number of hydrogen-bond acceptors (Lipinski definition) is 3. The number of rotatable bonds is 17. The number of benzene rings is 2. The van der Waals surface area contributed by atoms with Gasteiger partial charge in [-0.15, -0.1) is 0 Å². The number of aliphatic hydroxyl groups excluding tert-OH is 1. The maximum Gasteiger partial charge on any atom is 0.295 e. The molecular formula is C34H46FNO3. The standard InChI is InChI=1S/C34H46FNO3/c1-3-4-5-6-7-8-9-10-11-12-13-14-15-18-25-36-31(28-19-16-17-20-29(28)35)30(33(38)34(36)39)32(37)27-23-21-26(2)22-24-27/h16-17,19-24,31,37H,3-15,18,25H2,1-2H3. The molecule has 0 aliphatic carbocycles. The van der Waals surface area contributed by atoms with Gasteiger partial charge in [-0.1, -0.05) is 138 Å². The van der Waals surface area contributed by atoms with Crippen molar-refractivity contribution in [2.24, 2.45) is 0 Å². The molecule has 1 N–H and O–H groups in total. The Morgan fingerprint density at radius 3 is 1.82 bits per heavy atom. The van der Waals surface area contributed by atoms with Crippen LogP contribution < -0.4 is 0 Å². The van der Waals surface area contributed by atoms with Crippen LogP contribution in [0.4, 0.5) is 4.39 Å². The van der Waals surface area contributed by atoms with Crippen molar-refractivity contribution in [3.8, 4) is 0 Å². The Balaban J connectivity index is 1.54. The number of nitrogens with zero attached hydrogens (tertiary/aromatic N) is 1. The van der Waals surface area contributed by atoms with Crippen LogP contribution in [-0.4, -0.2) is 28.2 Å². The number of carbonyl (C=O) groups excluding carboxylic acids is 2. The van der Waals surface area contributed by atoms with Gasteiger partial charge in [-0.2, -0.15) is 0 Å². The van der Waals surface area contributed by atoms with Crippen LogP contribution in [-0.2, 0) is 9.59 Å². The van der Waals surface area contributed by atoms with E-state index in [-0.39, 0.29) is 16.9 Å². The Kier molecular flexibility index (Phi) is 12.7. The molecular weight excluding hydrogens is 489 g/mol. The zero-order chi connectivity index (χ0) is 28.0. The van der Waals surface area contributed by atoms with E-state index in [9.17, 15) is 19.1 Å². The molecule has 0 spiro atoms. The number of halogens is 1. The zero-order valence-electron chi connectivity index (χ0n) is 23.9. The Hall–Kier alpha value is -2.95. The number of carbonyl (C=O) groups is 2. The van der Waals surface area contributed by atoms with E-state index in [4.69, 9.17) is 0 Å². The van der Waals surface area contributed by atoms with E-state index in [1.165, 1.54) is 81.6 Å². The van der Waals surface area contributed by atoms with Gasteiger partial charge in [0.15, 0.2) is 0 Å². The molecule has 1 aliphatic heterocycles. The Morgan fingerprint density at radius 1 is 0.769 bits per heavy atom. The molecule has 0 bridgehead atoms. The topological polar surface area (TPSA) is 57.6 Å². The monoisotopic (exact) mass is 535 g/mol. The summed E-state index contributed by atoms with van der Waals surface area (Å²) in [7, 11) is 0. The first kappa shape index (κ1) is 30.6. The molecule has 0 radical (unpaired) electrons. The number of ketones is 1. The summed E-state index contributed by atoms with van der Waals surface area (Å²) in [6, 6.07) is 12.3. The van der Waals surface area contributed by atoms with E-state index in [1.807, 2.05) is 19.1 Å². The molecule has 0 aromatic heterocycles. The minimum Gasteiger partial charge on any atom is -0.507 e. The molecule has 3 rings (SSSR count). The van der Waals surface area contributed by atoms with Crippen LogP contribution in [0.3, 0.4) is 0 Å². The van der Waals surface area contributed by atoms with E-state index in [0.29, 0.717) is 12.1 Å². The van der Waals surface area contributed by atoms with E-state index in [0.717, 1.165) is 24.8 Å². The lowest BCUT2D eigenvalue weighted by Crippen LogP contribution is -2.31. The predicted molar refractivity (Wildman–Crippen MR) is 157 cm³/mol. The number of aliphatic hydroxyl groups is 1. The summed E-state index contributed by atoms with van der Waals surface area (Å²) in [6.45, 7) is 4.53. The van der Waals surface area contributed by atoms with Crippen molar-refractivity contribution >= 4 is 17.4 Å². The van der Waals surface area contributed by atoms with Crippen LogP contribution in [0.2, 0.25) is 0 Å². The van der Waals surface area contributed by atoms with Gasteiger partial charge in [0.2, 0.25) is 0 Å². The number of unbranched alkanes of at least 4 members (excludes halogenated alkanes) is 13. The highest BCUT2D eigenvalue weighted by molar-refractivity contribution is 6.46. The number of amides is 1. The molecule has 2 aromatic rings. The van der Waals surface area contributed by atoms with Crippen LogP contribution in [0.5, 0.6) is 0 Å². The number of hydrogen-bond donors (Lipinski definition) is 1. The first-order valence-electron chi connectivity index (χ1n) is 15.1. The van der Waals surface area contributed by atoms with Gasteiger partial charge in [0, 0.05) is 17.7 Å². The second-order valence-electron chi connectivity index (χ2n) is 11.0. The summed E-state index contributed by atoms with van der Waals surface area (Å²) >= 11 is 0. The highest BCUT2D eigenvalue weighted by Crippen LogP contribution is 2.40. The summed E-state index contributed by atoms with van der Waals surface area (Å²) < 4.78 is 14.9. The normalized spacial score (nSPS) is 16.8. The van der Waals surface area contributed by atoms with Gasteiger partial charge in [-0.3, -0.25) is 9.59 Å². The largest absolute Gasteiger partial charge is 0.507 e. The molecule has 0 saturated carbocycles. The first-order chi connectivity index (χ1) is 19.0.